The Morgan fingerprint density at radius 3 is 2.38 bits per heavy atom. The fraction of sp³-hybridized carbons (Fsp3) is 0.538. The van der Waals surface area contributed by atoms with E-state index < -0.39 is 23.1 Å². The standard InChI is InChI=1S/C13H19ClN4O3/c1-12(2,3)21-11(20)18-13(4,5)9(19)17-10-15-7-6-8(14)16-10/h6-7H,1-5H3,(H,18,20)(H,15,16,17,19). The van der Waals surface area contributed by atoms with Gasteiger partial charge in [-0.2, -0.15) is 0 Å². The highest BCUT2D eigenvalue weighted by molar-refractivity contribution is 6.29. The van der Waals surface area contributed by atoms with Crippen LogP contribution in [0.2, 0.25) is 5.15 Å². The summed E-state index contributed by atoms with van der Waals surface area (Å²) in [6, 6.07) is 1.49. The minimum Gasteiger partial charge on any atom is -0.444 e. The lowest BCUT2D eigenvalue weighted by molar-refractivity contribution is -0.121. The largest absolute Gasteiger partial charge is 0.444 e. The highest BCUT2D eigenvalue weighted by Gasteiger charge is 2.32. The van der Waals surface area contributed by atoms with Gasteiger partial charge >= 0.3 is 6.09 Å². The highest BCUT2D eigenvalue weighted by atomic mass is 35.5. The van der Waals surface area contributed by atoms with Crippen molar-refractivity contribution in [1.82, 2.24) is 15.3 Å². The molecule has 0 aliphatic carbocycles. The molecule has 0 fully saturated rings. The average Bonchev–Trinajstić information content (AvgIpc) is 2.24. The Hall–Kier alpha value is -1.89. The SMILES string of the molecule is CC(C)(C)OC(=O)NC(C)(C)C(=O)Nc1nccc(Cl)n1. The Kier molecular flexibility index (Phi) is 5.11. The number of nitrogens with one attached hydrogen (secondary N) is 2. The summed E-state index contributed by atoms with van der Waals surface area (Å²) in [5.74, 6) is -0.429. The van der Waals surface area contributed by atoms with Crippen LogP contribution in [0.4, 0.5) is 10.7 Å². The van der Waals surface area contributed by atoms with Crippen LogP contribution in [-0.2, 0) is 9.53 Å². The Morgan fingerprint density at radius 1 is 1.24 bits per heavy atom. The van der Waals surface area contributed by atoms with Crippen molar-refractivity contribution in [2.45, 2.75) is 45.8 Å². The lowest BCUT2D eigenvalue weighted by Gasteiger charge is -2.27. The summed E-state index contributed by atoms with van der Waals surface area (Å²) in [5.41, 5.74) is -1.85. The maximum absolute atomic E-state index is 12.1. The zero-order chi connectivity index (χ0) is 16.3. The molecule has 1 aromatic rings. The van der Waals surface area contributed by atoms with Gasteiger partial charge in [-0.3, -0.25) is 10.1 Å². The van der Waals surface area contributed by atoms with Crippen molar-refractivity contribution in [3.05, 3.63) is 17.4 Å². The number of halogens is 1. The molecule has 0 spiro atoms. The first-order valence-corrected chi connectivity index (χ1v) is 6.68. The Morgan fingerprint density at radius 2 is 1.86 bits per heavy atom. The maximum Gasteiger partial charge on any atom is 0.408 e. The van der Waals surface area contributed by atoms with Crippen molar-refractivity contribution in [2.24, 2.45) is 0 Å². The molecule has 8 heteroatoms. The van der Waals surface area contributed by atoms with Crippen molar-refractivity contribution in [3.63, 3.8) is 0 Å². The van der Waals surface area contributed by atoms with Crippen LogP contribution < -0.4 is 10.6 Å². The first-order chi connectivity index (χ1) is 9.49. The monoisotopic (exact) mass is 314 g/mol. The second-order valence-electron chi connectivity index (χ2n) is 5.91. The summed E-state index contributed by atoms with van der Waals surface area (Å²) >= 11 is 5.71. The summed E-state index contributed by atoms with van der Waals surface area (Å²) in [5, 5.41) is 5.17. The van der Waals surface area contributed by atoms with Crippen LogP contribution in [0.5, 0.6) is 0 Å². The topological polar surface area (TPSA) is 93.2 Å². The van der Waals surface area contributed by atoms with Gasteiger partial charge in [0.25, 0.3) is 5.91 Å². The zero-order valence-corrected chi connectivity index (χ0v) is 13.4. The van der Waals surface area contributed by atoms with Gasteiger partial charge in [-0.15, -0.1) is 0 Å². The van der Waals surface area contributed by atoms with Crippen molar-refractivity contribution in [2.75, 3.05) is 5.32 Å². The third-order valence-electron chi connectivity index (χ3n) is 2.23. The number of aromatic nitrogens is 2. The molecule has 2 amide bonds. The summed E-state index contributed by atoms with van der Waals surface area (Å²) in [6.07, 6.45) is 0.730. The van der Waals surface area contributed by atoms with E-state index in [1.54, 1.807) is 20.8 Å². The third-order valence-corrected chi connectivity index (χ3v) is 2.44. The molecule has 116 valence electrons. The van der Waals surface area contributed by atoms with E-state index >= 15 is 0 Å². The van der Waals surface area contributed by atoms with Crippen molar-refractivity contribution in [1.29, 1.82) is 0 Å². The number of amides is 2. The second-order valence-corrected chi connectivity index (χ2v) is 6.30. The third kappa shape index (κ3) is 5.95. The van der Waals surface area contributed by atoms with E-state index in [4.69, 9.17) is 16.3 Å². The lowest BCUT2D eigenvalue weighted by Crippen LogP contribution is -2.53. The molecule has 0 saturated carbocycles. The van der Waals surface area contributed by atoms with Crippen LogP contribution in [0, 0.1) is 0 Å². The van der Waals surface area contributed by atoms with Gasteiger partial charge in [-0.25, -0.2) is 14.8 Å². The van der Waals surface area contributed by atoms with Crippen LogP contribution in [0.1, 0.15) is 34.6 Å². The number of hydrogen-bond acceptors (Lipinski definition) is 5. The van der Waals surface area contributed by atoms with Crippen molar-refractivity contribution in [3.8, 4) is 0 Å². The predicted octanol–water partition coefficient (Wildman–Crippen LogP) is 2.37. The molecule has 1 heterocycles. The normalized spacial score (nSPS) is 11.7. The molecule has 0 radical (unpaired) electrons. The van der Waals surface area contributed by atoms with E-state index in [2.05, 4.69) is 20.6 Å². The molecular weight excluding hydrogens is 296 g/mol. The number of anilines is 1. The smallest absolute Gasteiger partial charge is 0.408 e. The second kappa shape index (κ2) is 6.26. The number of carbonyl (C=O) groups excluding carboxylic acids is 2. The van der Waals surface area contributed by atoms with E-state index in [1.165, 1.54) is 26.1 Å². The van der Waals surface area contributed by atoms with E-state index in [1.807, 2.05) is 0 Å². The molecule has 2 N–H and O–H groups in total. The molecule has 7 nitrogen and oxygen atoms in total. The predicted molar refractivity (Wildman–Crippen MR) is 79.1 cm³/mol. The van der Waals surface area contributed by atoms with E-state index in [-0.39, 0.29) is 11.1 Å². The van der Waals surface area contributed by atoms with Gasteiger partial charge in [0.1, 0.15) is 16.3 Å². The quantitative estimate of drug-likeness (QED) is 0.835. The van der Waals surface area contributed by atoms with Crippen LogP contribution >= 0.6 is 11.6 Å². The fourth-order valence-electron chi connectivity index (χ4n) is 1.27. The molecule has 0 aromatic carbocycles. The maximum atomic E-state index is 12.1. The number of carbonyl (C=O) groups is 2. The number of ether oxygens (including phenoxy) is 1. The first kappa shape index (κ1) is 17.2. The number of hydrogen-bond donors (Lipinski definition) is 2. The minimum absolute atomic E-state index is 0.0616. The zero-order valence-electron chi connectivity index (χ0n) is 12.7. The van der Waals surface area contributed by atoms with E-state index in [9.17, 15) is 9.59 Å². The first-order valence-electron chi connectivity index (χ1n) is 6.31. The van der Waals surface area contributed by atoms with Crippen LogP contribution in [0.25, 0.3) is 0 Å². The Labute approximate surface area is 128 Å². The van der Waals surface area contributed by atoms with Gasteiger partial charge in [-0.05, 0) is 40.7 Å². The minimum atomic E-state index is -1.20. The number of alkyl carbamates (subject to hydrolysis) is 1. The Balaban J connectivity index is 2.69. The lowest BCUT2D eigenvalue weighted by atomic mass is 10.1. The van der Waals surface area contributed by atoms with Crippen molar-refractivity contribution >= 4 is 29.5 Å². The van der Waals surface area contributed by atoms with Crippen LogP contribution in [0.3, 0.4) is 0 Å². The van der Waals surface area contributed by atoms with Crippen LogP contribution in [0.15, 0.2) is 12.3 Å². The van der Waals surface area contributed by atoms with E-state index in [0.717, 1.165) is 0 Å². The van der Waals surface area contributed by atoms with Gasteiger partial charge in [-0.1, -0.05) is 11.6 Å². The summed E-state index contributed by atoms with van der Waals surface area (Å²) < 4.78 is 5.11. The molecule has 21 heavy (non-hydrogen) atoms. The molecule has 0 bridgehead atoms. The van der Waals surface area contributed by atoms with Gasteiger partial charge in [0.15, 0.2) is 0 Å². The molecular formula is C13H19ClN4O3. The fourth-order valence-corrected chi connectivity index (χ4v) is 1.41. The molecule has 1 rings (SSSR count). The van der Waals surface area contributed by atoms with Gasteiger partial charge in [0.2, 0.25) is 5.95 Å². The highest BCUT2D eigenvalue weighted by Crippen LogP contribution is 2.12. The molecule has 0 atom stereocenters. The number of nitrogens with zero attached hydrogens (tertiary/aromatic N) is 2. The summed E-state index contributed by atoms with van der Waals surface area (Å²) in [7, 11) is 0. The molecule has 1 aromatic heterocycles. The van der Waals surface area contributed by atoms with E-state index in [0.29, 0.717) is 0 Å². The van der Waals surface area contributed by atoms with Crippen molar-refractivity contribution < 1.29 is 14.3 Å². The summed E-state index contributed by atoms with van der Waals surface area (Å²) in [4.78, 5) is 31.6. The summed E-state index contributed by atoms with van der Waals surface area (Å²) in [6.45, 7) is 8.28. The molecule has 0 saturated heterocycles. The van der Waals surface area contributed by atoms with Gasteiger partial charge < -0.3 is 10.1 Å². The van der Waals surface area contributed by atoms with Gasteiger partial charge in [0.05, 0.1) is 0 Å². The average molecular weight is 315 g/mol. The van der Waals surface area contributed by atoms with Gasteiger partial charge in [0, 0.05) is 6.20 Å². The molecule has 0 unspecified atom stereocenters. The Bertz CT molecular complexity index is 540. The molecule has 0 aliphatic rings. The molecule has 0 aliphatic heterocycles. The van der Waals surface area contributed by atoms with Crippen LogP contribution in [-0.4, -0.2) is 33.1 Å². The number of rotatable bonds is 3.